The zero-order valence-electron chi connectivity index (χ0n) is 12.0. The third-order valence-corrected chi connectivity index (χ3v) is 3.54. The highest BCUT2D eigenvalue weighted by molar-refractivity contribution is 6.42. The molecule has 3 N–H and O–H groups in total. The van der Waals surface area contributed by atoms with E-state index >= 15 is 0 Å². The summed E-state index contributed by atoms with van der Waals surface area (Å²) in [6.45, 7) is 4.96. The van der Waals surface area contributed by atoms with Crippen molar-refractivity contribution in [3.63, 3.8) is 0 Å². The van der Waals surface area contributed by atoms with Crippen LogP contribution in [0.1, 0.15) is 30.6 Å². The van der Waals surface area contributed by atoms with E-state index in [0.717, 1.165) is 0 Å². The third-order valence-electron chi connectivity index (χ3n) is 2.81. The molecule has 0 saturated heterocycles. The van der Waals surface area contributed by atoms with Gasteiger partial charge in [-0.2, -0.15) is 0 Å². The van der Waals surface area contributed by atoms with Crippen LogP contribution in [0, 0.1) is 5.92 Å². The first-order valence-electron chi connectivity index (χ1n) is 6.55. The van der Waals surface area contributed by atoms with Gasteiger partial charge in [-0.3, -0.25) is 4.79 Å². The van der Waals surface area contributed by atoms with Gasteiger partial charge in [0.05, 0.1) is 10.0 Å². The van der Waals surface area contributed by atoms with Crippen molar-refractivity contribution < 1.29 is 10.0 Å². The molecule has 1 amide bonds. The molecule has 1 rings (SSSR count). The Morgan fingerprint density at radius 1 is 1.38 bits per heavy atom. The fraction of sp³-hybridized carbons (Fsp3) is 0.429. The Hall–Kier alpha value is -1.46. The topological polar surface area (TPSA) is 78.9 Å². The number of nitrogens with zero attached hydrogens (tertiary/aromatic N) is 2. The molecule has 0 saturated carbocycles. The second kappa shape index (κ2) is 8.10. The first-order valence-corrected chi connectivity index (χ1v) is 7.31. The molecule has 0 heterocycles. The van der Waals surface area contributed by atoms with Gasteiger partial charge in [-0.25, -0.2) is 0 Å². The zero-order valence-corrected chi connectivity index (χ0v) is 13.5. The molecule has 0 fully saturated rings. The van der Waals surface area contributed by atoms with Crippen LogP contribution in [0.2, 0.25) is 10.0 Å². The highest BCUT2D eigenvalue weighted by Crippen LogP contribution is 2.23. The van der Waals surface area contributed by atoms with Gasteiger partial charge in [0.15, 0.2) is 0 Å². The number of amidine groups is 1. The fourth-order valence-electron chi connectivity index (χ4n) is 1.83. The molecule has 0 bridgehead atoms. The summed E-state index contributed by atoms with van der Waals surface area (Å²) in [4.78, 5) is 14.2. The van der Waals surface area contributed by atoms with E-state index in [9.17, 15) is 4.79 Å². The van der Waals surface area contributed by atoms with Gasteiger partial charge >= 0.3 is 0 Å². The SMILES string of the molecule is CC(C)CN(CCC(N)=NO)C(=O)c1ccc(Cl)c(Cl)c1. The normalized spacial score (nSPS) is 11.8. The maximum absolute atomic E-state index is 12.5. The molecule has 7 heteroatoms. The van der Waals surface area contributed by atoms with Crippen LogP contribution in [0.3, 0.4) is 0 Å². The Balaban J connectivity index is 2.90. The molecule has 0 aliphatic carbocycles. The largest absolute Gasteiger partial charge is 0.409 e. The number of rotatable bonds is 6. The second-order valence-corrected chi connectivity index (χ2v) is 5.93. The number of carbonyl (C=O) groups excluding carboxylic acids is 1. The maximum atomic E-state index is 12.5. The molecule has 0 radical (unpaired) electrons. The highest BCUT2D eigenvalue weighted by atomic mass is 35.5. The number of oxime groups is 1. The maximum Gasteiger partial charge on any atom is 0.253 e. The predicted molar refractivity (Wildman–Crippen MR) is 85.2 cm³/mol. The molecule has 116 valence electrons. The van der Waals surface area contributed by atoms with Crippen LogP contribution in [-0.4, -0.2) is 34.9 Å². The van der Waals surface area contributed by atoms with E-state index in [4.69, 9.17) is 34.1 Å². The summed E-state index contributed by atoms with van der Waals surface area (Å²) in [6, 6.07) is 4.77. The minimum atomic E-state index is -0.159. The van der Waals surface area contributed by atoms with Crippen molar-refractivity contribution in [3.8, 4) is 0 Å². The lowest BCUT2D eigenvalue weighted by Gasteiger charge is -2.24. The molecular weight excluding hydrogens is 313 g/mol. The first-order chi connectivity index (χ1) is 9.85. The zero-order chi connectivity index (χ0) is 16.0. The van der Waals surface area contributed by atoms with E-state index in [-0.39, 0.29) is 11.7 Å². The molecule has 0 unspecified atom stereocenters. The van der Waals surface area contributed by atoms with Crippen molar-refractivity contribution >= 4 is 34.9 Å². The average molecular weight is 332 g/mol. The molecule has 0 aliphatic rings. The van der Waals surface area contributed by atoms with E-state index in [0.29, 0.717) is 41.0 Å². The van der Waals surface area contributed by atoms with E-state index in [1.54, 1.807) is 23.1 Å². The van der Waals surface area contributed by atoms with Gasteiger partial charge in [-0.05, 0) is 24.1 Å². The van der Waals surface area contributed by atoms with E-state index in [1.165, 1.54) is 0 Å². The molecular formula is C14H19Cl2N3O2. The Kier molecular flexibility index (Phi) is 6.78. The summed E-state index contributed by atoms with van der Waals surface area (Å²) in [5.41, 5.74) is 5.92. The lowest BCUT2D eigenvalue weighted by molar-refractivity contribution is 0.0740. The lowest BCUT2D eigenvalue weighted by atomic mass is 10.1. The summed E-state index contributed by atoms with van der Waals surface area (Å²) in [6.07, 6.45) is 0.302. The van der Waals surface area contributed by atoms with E-state index in [2.05, 4.69) is 5.16 Å². The number of carbonyl (C=O) groups is 1. The van der Waals surface area contributed by atoms with Crippen molar-refractivity contribution in [2.24, 2.45) is 16.8 Å². The Morgan fingerprint density at radius 2 is 2.05 bits per heavy atom. The quantitative estimate of drug-likeness (QED) is 0.363. The van der Waals surface area contributed by atoms with Crippen LogP contribution >= 0.6 is 23.2 Å². The van der Waals surface area contributed by atoms with E-state index in [1.807, 2.05) is 13.8 Å². The van der Waals surface area contributed by atoms with Crippen molar-refractivity contribution in [2.45, 2.75) is 20.3 Å². The fourth-order valence-corrected chi connectivity index (χ4v) is 2.13. The molecule has 1 aromatic rings. The van der Waals surface area contributed by atoms with Crippen LogP contribution in [0.25, 0.3) is 0 Å². The van der Waals surface area contributed by atoms with E-state index < -0.39 is 0 Å². The van der Waals surface area contributed by atoms with Gasteiger partial charge in [0.25, 0.3) is 5.91 Å². The summed E-state index contributed by atoms with van der Waals surface area (Å²) in [7, 11) is 0. The molecule has 0 aromatic heterocycles. The summed E-state index contributed by atoms with van der Waals surface area (Å²) in [5, 5.41) is 12.2. The number of benzene rings is 1. The van der Waals surface area contributed by atoms with Crippen LogP contribution in [0.15, 0.2) is 23.4 Å². The Morgan fingerprint density at radius 3 is 2.57 bits per heavy atom. The summed E-state index contributed by atoms with van der Waals surface area (Å²) in [5.74, 6) is 0.225. The number of hydrogen-bond donors (Lipinski definition) is 2. The molecule has 0 aliphatic heterocycles. The van der Waals surface area contributed by atoms with Crippen molar-refractivity contribution in [2.75, 3.05) is 13.1 Å². The van der Waals surface area contributed by atoms with Crippen LogP contribution in [0.5, 0.6) is 0 Å². The lowest BCUT2D eigenvalue weighted by Crippen LogP contribution is -2.36. The first kappa shape index (κ1) is 17.6. The number of halogens is 2. The van der Waals surface area contributed by atoms with Crippen molar-refractivity contribution in [1.82, 2.24) is 4.90 Å². The van der Waals surface area contributed by atoms with Gasteiger partial charge in [0.2, 0.25) is 0 Å². The highest BCUT2D eigenvalue weighted by Gasteiger charge is 2.18. The van der Waals surface area contributed by atoms with Gasteiger partial charge in [0, 0.05) is 25.1 Å². The minimum absolute atomic E-state index is 0.0886. The molecule has 0 spiro atoms. The average Bonchev–Trinajstić information content (AvgIpc) is 2.44. The standard InChI is InChI=1S/C14H19Cl2N3O2/c1-9(2)8-19(6-5-13(17)18-21)14(20)10-3-4-11(15)12(16)7-10/h3-4,7,9,21H,5-6,8H2,1-2H3,(H2,17,18). The molecule has 1 aromatic carbocycles. The van der Waals surface area contributed by atoms with Crippen LogP contribution in [0.4, 0.5) is 0 Å². The van der Waals surface area contributed by atoms with Gasteiger partial charge < -0.3 is 15.8 Å². The van der Waals surface area contributed by atoms with Crippen molar-refractivity contribution in [3.05, 3.63) is 33.8 Å². The minimum Gasteiger partial charge on any atom is -0.409 e. The van der Waals surface area contributed by atoms with Crippen LogP contribution in [-0.2, 0) is 0 Å². The van der Waals surface area contributed by atoms with Gasteiger partial charge in [-0.1, -0.05) is 42.2 Å². The smallest absolute Gasteiger partial charge is 0.253 e. The third kappa shape index (κ3) is 5.44. The molecule has 5 nitrogen and oxygen atoms in total. The predicted octanol–water partition coefficient (Wildman–Crippen LogP) is 3.23. The Labute approximate surface area is 134 Å². The number of amides is 1. The van der Waals surface area contributed by atoms with Gasteiger partial charge in [-0.15, -0.1) is 0 Å². The second-order valence-electron chi connectivity index (χ2n) is 5.12. The van der Waals surface area contributed by atoms with Crippen molar-refractivity contribution in [1.29, 1.82) is 0 Å². The summed E-state index contributed by atoms with van der Waals surface area (Å²) >= 11 is 11.8. The van der Waals surface area contributed by atoms with Gasteiger partial charge in [0.1, 0.15) is 5.84 Å². The molecule has 21 heavy (non-hydrogen) atoms. The summed E-state index contributed by atoms with van der Waals surface area (Å²) < 4.78 is 0. The van der Waals surface area contributed by atoms with Crippen LogP contribution < -0.4 is 5.73 Å². The Bertz CT molecular complexity index is 533. The monoisotopic (exact) mass is 331 g/mol. The number of hydrogen-bond acceptors (Lipinski definition) is 3. The number of nitrogens with two attached hydrogens (primary N) is 1. The molecule has 0 atom stereocenters.